The second-order valence-electron chi connectivity index (χ2n) is 6.83. The van der Waals surface area contributed by atoms with Crippen LogP contribution >= 0.6 is 62.3 Å². The van der Waals surface area contributed by atoms with Gasteiger partial charge in [-0.2, -0.15) is 0 Å². The Morgan fingerprint density at radius 2 is 1.59 bits per heavy atom. The van der Waals surface area contributed by atoms with Gasteiger partial charge in [0.1, 0.15) is 12.4 Å². The van der Waals surface area contributed by atoms with E-state index in [-0.39, 0.29) is 23.8 Å². The van der Waals surface area contributed by atoms with Crippen LogP contribution in [0.4, 0.5) is 0 Å². The van der Waals surface area contributed by atoms with E-state index in [2.05, 4.69) is 15.9 Å². The molecule has 0 aliphatic carbocycles. The van der Waals surface area contributed by atoms with Gasteiger partial charge >= 0.3 is 5.97 Å². The molecule has 29 heavy (non-hydrogen) atoms. The Hall–Kier alpha value is -0.980. The van der Waals surface area contributed by atoms with Gasteiger partial charge in [0.05, 0.1) is 16.9 Å². The number of rotatable bonds is 8. The van der Waals surface area contributed by atoms with Crippen LogP contribution in [0.15, 0.2) is 36.4 Å². The summed E-state index contributed by atoms with van der Waals surface area (Å²) in [6.45, 7) is 3.17. The molecule has 0 saturated heterocycles. The van der Waals surface area contributed by atoms with E-state index in [1.165, 1.54) is 6.07 Å². The maximum atomic E-state index is 12.7. The van der Waals surface area contributed by atoms with Crippen molar-refractivity contribution in [2.24, 2.45) is 5.41 Å². The van der Waals surface area contributed by atoms with Crippen LogP contribution in [0.1, 0.15) is 19.4 Å². The summed E-state index contributed by atoms with van der Waals surface area (Å²) >= 11 is 27.0. The Kier molecular flexibility index (Phi) is 8.68. The summed E-state index contributed by atoms with van der Waals surface area (Å²) in [5.41, 5.74) is -0.420. The number of hydrogen-bond acceptors (Lipinski definition) is 4. The fourth-order valence-electron chi connectivity index (χ4n) is 2.25. The summed E-state index contributed by atoms with van der Waals surface area (Å²) in [5, 5.41) is 0.591. The van der Waals surface area contributed by atoms with E-state index in [1.54, 1.807) is 44.2 Å². The summed E-state index contributed by atoms with van der Waals surface area (Å²) in [6, 6.07) is 9.51. The number of Topliss-reactive ketones (excluding diaryl/α,β-unsaturated/α-hetero) is 1. The van der Waals surface area contributed by atoms with Crippen LogP contribution in [0.3, 0.4) is 0 Å². The van der Waals surface area contributed by atoms with Crippen molar-refractivity contribution in [1.82, 2.24) is 0 Å². The maximum Gasteiger partial charge on any atom is 0.310 e. The number of benzene rings is 2. The smallest absolute Gasteiger partial charge is 0.310 e. The highest BCUT2D eigenvalue weighted by atomic mass is 79.9. The van der Waals surface area contributed by atoms with E-state index >= 15 is 0 Å². The lowest BCUT2D eigenvalue weighted by Gasteiger charge is -2.25. The third-order valence-electron chi connectivity index (χ3n) is 3.94. The second kappa shape index (κ2) is 10.4. The topological polar surface area (TPSA) is 52.6 Å². The van der Waals surface area contributed by atoms with Crippen LogP contribution in [0, 0.1) is 5.41 Å². The van der Waals surface area contributed by atoms with E-state index in [1.807, 2.05) is 0 Å². The zero-order valence-electron chi connectivity index (χ0n) is 15.5. The molecule has 2 aromatic carbocycles. The fraction of sp³-hybridized carbons (Fsp3) is 0.300. The maximum absolute atomic E-state index is 12.7. The molecule has 0 aromatic heterocycles. The number of carbonyl (C=O) groups is 2. The Labute approximate surface area is 197 Å². The SMILES string of the molecule is CC(C)(COC(=O)Cc1ccc(Cl)cc1Cl)C(=O)C(Br)Oc1ccc(Cl)cc1Cl. The molecule has 0 spiro atoms. The lowest BCUT2D eigenvalue weighted by molar-refractivity contribution is -0.149. The molecule has 2 aromatic rings. The van der Waals surface area contributed by atoms with E-state index in [9.17, 15) is 9.59 Å². The Morgan fingerprint density at radius 3 is 2.17 bits per heavy atom. The summed E-state index contributed by atoms with van der Waals surface area (Å²) < 4.78 is 10.9. The molecule has 0 bridgehead atoms. The Balaban J connectivity index is 1.94. The van der Waals surface area contributed by atoms with Crippen LogP contribution < -0.4 is 4.74 Å². The largest absolute Gasteiger partial charge is 0.470 e. The first kappa shape index (κ1) is 24.3. The molecule has 0 saturated carbocycles. The van der Waals surface area contributed by atoms with Crippen molar-refractivity contribution in [2.75, 3.05) is 6.61 Å². The van der Waals surface area contributed by atoms with Crippen molar-refractivity contribution < 1.29 is 19.1 Å². The van der Waals surface area contributed by atoms with Gasteiger partial charge in [0, 0.05) is 15.1 Å². The number of ether oxygens (including phenoxy) is 2. The minimum Gasteiger partial charge on any atom is -0.470 e. The summed E-state index contributed by atoms with van der Waals surface area (Å²) in [4.78, 5) is 24.9. The molecule has 0 aliphatic heterocycles. The quantitative estimate of drug-likeness (QED) is 0.272. The van der Waals surface area contributed by atoms with E-state index in [0.717, 1.165) is 0 Å². The monoisotopic (exact) mass is 540 g/mol. The number of alkyl halides is 1. The standard InChI is InChI=1S/C20H17BrCl4O4/c1-20(2,10-28-17(26)7-11-3-4-12(22)8-14(11)24)18(27)19(21)29-16-6-5-13(23)9-15(16)25/h3-6,8-9,19H,7,10H2,1-2H3. The van der Waals surface area contributed by atoms with Gasteiger partial charge < -0.3 is 9.47 Å². The average molecular weight is 543 g/mol. The van der Waals surface area contributed by atoms with Gasteiger partial charge in [-0.3, -0.25) is 9.59 Å². The van der Waals surface area contributed by atoms with Gasteiger partial charge in [-0.05, 0) is 65.7 Å². The minimum absolute atomic E-state index is 0.0328. The first-order valence-corrected chi connectivity index (χ1v) is 10.8. The molecule has 2 rings (SSSR count). The van der Waals surface area contributed by atoms with Gasteiger partial charge in [0.25, 0.3) is 0 Å². The molecule has 0 N–H and O–H groups in total. The van der Waals surface area contributed by atoms with Crippen molar-refractivity contribution >= 4 is 74.1 Å². The van der Waals surface area contributed by atoms with Crippen molar-refractivity contribution in [3.05, 3.63) is 62.1 Å². The third-order valence-corrected chi connectivity index (χ3v) is 5.66. The number of carbonyl (C=O) groups excluding carboxylic acids is 2. The molecule has 156 valence electrons. The minimum atomic E-state index is -1.01. The number of ketones is 1. The summed E-state index contributed by atoms with van der Waals surface area (Å²) in [7, 11) is 0. The van der Waals surface area contributed by atoms with E-state index in [4.69, 9.17) is 55.9 Å². The highest BCUT2D eigenvalue weighted by Crippen LogP contribution is 2.31. The molecule has 9 heteroatoms. The molecule has 1 atom stereocenters. The van der Waals surface area contributed by atoms with Crippen molar-refractivity contribution in [2.45, 2.75) is 25.3 Å². The highest BCUT2D eigenvalue weighted by Gasteiger charge is 2.35. The van der Waals surface area contributed by atoms with Crippen LogP contribution in [0.2, 0.25) is 20.1 Å². The van der Waals surface area contributed by atoms with Crippen LogP contribution in [0.5, 0.6) is 5.75 Å². The lowest BCUT2D eigenvalue weighted by Crippen LogP contribution is -2.38. The molecule has 0 radical (unpaired) electrons. The van der Waals surface area contributed by atoms with E-state index < -0.39 is 16.4 Å². The molecular weight excluding hydrogens is 526 g/mol. The van der Waals surface area contributed by atoms with E-state index in [0.29, 0.717) is 26.4 Å². The van der Waals surface area contributed by atoms with Crippen LogP contribution in [0.25, 0.3) is 0 Å². The molecular formula is C20H17BrCl4O4. The van der Waals surface area contributed by atoms with Crippen molar-refractivity contribution in [3.8, 4) is 5.75 Å². The number of hydrogen-bond donors (Lipinski definition) is 0. The predicted molar refractivity (Wildman–Crippen MR) is 120 cm³/mol. The normalized spacial score (nSPS) is 12.4. The number of halogens is 5. The van der Waals surface area contributed by atoms with Crippen molar-refractivity contribution in [1.29, 1.82) is 0 Å². The number of esters is 1. The van der Waals surface area contributed by atoms with Crippen LogP contribution in [-0.2, 0) is 20.7 Å². The first-order valence-electron chi connectivity index (χ1n) is 8.39. The zero-order valence-corrected chi connectivity index (χ0v) is 20.1. The lowest BCUT2D eigenvalue weighted by atomic mass is 9.89. The molecule has 0 aliphatic rings. The second-order valence-corrected chi connectivity index (χ2v) is 9.35. The predicted octanol–water partition coefficient (Wildman–Crippen LogP) is 6.78. The average Bonchev–Trinajstić information content (AvgIpc) is 2.64. The van der Waals surface area contributed by atoms with Gasteiger partial charge in [0.2, 0.25) is 5.01 Å². The van der Waals surface area contributed by atoms with Crippen LogP contribution in [-0.4, -0.2) is 23.4 Å². The van der Waals surface area contributed by atoms with Gasteiger partial charge in [0.15, 0.2) is 5.78 Å². The molecule has 0 amide bonds. The molecule has 0 heterocycles. The van der Waals surface area contributed by atoms with Gasteiger partial charge in [-0.15, -0.1) is 0 Å². The Morgan fingerprint density at radius 1 is 1.00 bits per heavy atom. The highest BCUT2D eigenvalue weighted by molar-refractivity contribution is 9.09. The molecule has 4 nitrogen and oxygen atoms in total. The van der Waals surface area contributed by atoms with Crippen molar-refractivity contribution in [3.63, 3.8) is 0 Å². The fourth-order valence-corrected chi connectivity index (χ4v) is 4.00. The summed E-state index contributed by atoms with van der Waals surface area (Å²) in [6.07, 6.45) is -0.0328. The first-order chi connectivity index (χ1) is 13.5. The van der Waals surface area contributed by atoms with Gasteiger partial charge in [-0.1, -0.05) is 52.5 Å². The third kappa shape index (κ3) is 7.04. The molecule has 0 fully saturated rings. The zero-order chi connectivity index (χ0) is 21.8. The van der Waals surface area contributed by atoms with Gasteiger partial charge in [-0.25, -0.2) is 0 Å². The Bertz CT molecular complexity index is 917. The molecule has 1 unspecified atom stereocenters. The summed E-state index contributed by atoms with van der Waals surface area (Å²) in [5.74, 6) is -0.528.